The Kier molecular flexibility index (Phi) is 5.68. The van der Waals surface area contributed by atoms with E-state index in [9.17, 15) is 22.8 Å². The van der Waals surface area contributed by atoms with Gasteiger partial charge in [-0.2, -0.15) is 13.2 Å². The van der Waals surface area contributed by atoms with Gasteiger partial charge in [0.05, 0.1) is 10.9 Å². The van der Waals surface area contributed by atoms with Crippen molar-refractivity contribution in [2.75, 3.05) is 19.9 Å². The third kappa shape index (κ3) is 4.58. The fraction of sp³-hybridized carbons (Fsp3) is 0.333. The van der Waals surface area contributed by atoms with Crippen LogP contribution in [0.2, 0.25) is 0 Å². The molecule has 5 rings (SSSR count). The Morgan fingerprint density at radius 2 is 1.79 bits per heavy atom. The fourth-order valence-corrected chi connectivity index (χ4v) is 4.23. The number of nitrogens with one attached hydrogen (secondary N) is 1. The predicted molar refractivity (Wildman–Crippen MR) is 116 cm³/mol. The van der Waals surface area contributed by atoms with Crippen molar-refractivity contribution in [1.29, 1.82) is 0 Å². The van der Waals surface area contributed by atoms with E-state index in [-0.39, 0.29) is 29.6 Å². The fourth-order valence-electron chi connectivity index (χ4n) is 4.23. The lowest BCUT2D eigenvalue weighted by molar-refractivity contribution is -0.137. The minimum atomic E-state index is -4.58. The summed E-state index contributed by atoms with van der Waals surface area (Å²) < 4.78 is 54.9. The quantitative estimate of drug-likeness (QED) is 0.617. The van der Waals surface area contributed by atoms with Gasteiger partial charge in [0.2, 0.25) is 6.79 Å². The first-order chi connectivity index (χ1) is 16.3. The number of carbonyl (C=O) groups is 1. The van der Waals surface area contributed by atoms with Crippen molar-refractivity contribution in [1.82, 2.24) is 10.2 Å². The number of hydrogen-bond donors (Lipinski definition) is 1. The van der Waals surface area contributed by atoms with Crippen LogP contribution in [0, 0.1) is 0 Å². The van der Waals surface area contributed by atoms with Gasteiger partial charge in [0.25, 0.3) is 5.91 Å². The lowest BCUT2D eigenvalue weighted by Crippen LogP contribution is -2.44. The second-order valence-electron chi connectivity index (χ2n) is 8.40. The molecule has 1 fully saturated rings. The Hall–Kier alpha value is -3.53. The monoisotopic (exact) mass is 474 g/mol. The molecular formula is C24H21F3N2O5. The lowest BCUT2D eigenvalue weighted by atomic mass is 10.0. The maximum Gasteiger partial charge on any atom is 0.416 e. The Morgan fingerprint density at radius 3 is 2.56 bits per heavy atom. The molecule has 1 aromatic heterocycles. The van der Waals surface area contributed by atoms with E-state index in [1.807, 2.05) is 18.2 Å². The van der Waals surface area contributed by atoms with Crippen LogP contribution in [-0.4, -0.2) is 36.7 Å². The van der Waals surface area contributed by atoms with Gasteiger partial charge in [-0.25, -0.2) is 0 Å². The summed E-state index contributed by atoms with van der Waals surface area (Å²) in [6.45, 7) is 2.51. The molecule has 3 aromatic rings. The topological polar surface area (TPSA) is 81.0 Å². The van der Waals surface area contributed by atoms with Gasteiger partial charge >= 0.3 is 6.18 Å². The van der Waals surface area contributed by atoms with Crippen molar-refractivity contribution in [2.45, 2.75) is 31.6 Å². The number of carbonyl (C=O) groups excluding carboxylic acids is 1. The third-order valence-corrected chi connectivity index (χ3v) is 6.04. The Bertz CT molecular complexity index is 1300. The summed E-state index contributed by atoms with van der Waals surface area (Å²) in [6, 6.07) is 9.32. The zero-order valence-corrected chi connectivity index (χ0v) is 18.0. The molecule has 34 heavy (non-hydrogen) atoms. The number of fused-ring (bicyclic) bond motifs is 2. The molecule has 0 spiro atoms. The second kappa shape index (κ2) is 8.68. The predicted octanol–water partition coefficient (Wildman–Crippen LogP) is 3.93. The van der Waals surface area contributed by atoms with Crippen molar-refractivity contribution in [3.05, 3.63) is 69.6 Å². The molecule has 7 nitrogen and oxygen atoms in total. The highest BCUT2D eigenvalue weighted by Gasteiger charge is 2.31. The van der Waals surface area contributed by atoms with Crippen LogP contribution < -0.4 is 20.2 Å². The van der Waals surface area contributed by atoms with Gasteiger partial charge in [-0.15, -0.1) is 0 Å². The summed E-state index contributed by atoms with van der Waals surface area (Å²) in [5, 5.41) is 2.65. The van der Waals surface area contributed by atoms with E-state index in [1.165, 1.54) is 0 Å². The van der Waals surface area contributed by atoms with E-state index < -0.39 is 23.1 Å². The van der Waals surface area contributed by atoms with Gasteiger partial charge in [-0.1, -0.05) is 6.07 Å². The molecule has 2 aliphatic rings. The van der Waals surface area contributed by atoms with Gasteiger partial charge in [-0.3, -0.25) is 14.5 Å². The SMILES string of the molecule is O=C(NC1CCN(Cc2ccc3c(c2)OCO3)CC1)c1cc(=O)c2cc(C(F)(F)F)ccc2o1. The molecule has 0 saturated carbocycles. The lowest BCUT2D eigenvalue weighted by Gasteiger charge is -2.32. The Morgan fingerprint density at radius 1 is 1.03 bits per heavy atom. The smallest absolute Gasteiger partial charge is 0.416 e. The first-order valence-corrected chi connectivity index (χ1v) is 10.8. The number of piperidine rings is 1. The van der Waals surface area contributed by atoms with Crippen molar-refractivity contribution >= 4 is 16.9 Å². The van der Waals surface area contributed by atoms with Gasteiger partial charge in [0, 0.05) is 31.7 Å². The molecule has 0 unspecified atom stereocenters. The van der Waals surface area contributed by atoms with Crippen molar-refractivity contribution < 1.29 is 31.9 Å². The number of ether oxygens (including phenoxy) is 2. The van der Waals surface area contributed by atoms with Crippen LogP contribution in [0.1, 0.15) is 34.5 Å². The molecule has 0 aliphatic carbocycles. The maximum atomic E-state index is 12.9. The van der Waals surface area contributed by atoms with E-state index in [1.54, 1.807) is 0 Å². The molecule has 3 heterocycles. The van der Waals surface area contributed by atoms with Crippen molar-refractivity contribution in [3.8, 4) is 11.5 Å². The van der Waals surface area contributed by atoms with Crippen molar-refractivity contribution in [3.63, 3.8) is 0 Å². The van der Waals surface area contributed by atoms with E-state index in [4.69, 9.17) is 13.9 Å². The average Bonchev–Trinajstić information content (AvgIpc) is 3.27. The molecule has 0 radical (unpaired) electrons. The molecule has 10 heteroatoms. The number of likely N-dealkylation sites (tertiary alicyclic amines) is 1. The van der Waals surface area contributed by atoms with Crippen molar-refractivity contribution in [2.24, 2.45) is 0 Å². The van der Waals surface area contributed by atoms with Gasteiger partial charge in [0.15, 0.2) is 22.7 Å². The first-order valence-electron chi connectivity index (χ1n) is 10.8. The number of amides is 1. The van der Waals surface area contributed by atoms with Crippen LogP contribution in [0.3, 0.4) is 0 Å². The van der Waals surface area contributed by atoms with Crippen LogP contribution in [-0.2, 0) is 12.7 Å². The third-order valence-electron chi connectivity index (χ3n) is 6.04. The Balaban J connectivity index is 1.20. The first kappa shape index (κ1) is 22.3. The number of halogens is 3. The number of alkyl halides is 3. The molecule has 1 amide bonds. The number of hydrogen-bond acceptors (Lipinski definition) is 6. The summed E-state index contributed by atoms with van der Waals surface area (Å²) in [5.41, 5.74) is -0.601. The molecule has 1 saturated heterocycles. The highest BCUT2D eigenvalue weighted by molar-refractivity contribution is 5.93. The largest absolute Gasteiger partial charge is 0.454 e. The summed E-state index contributed by atoms with van der Waals surface area (Å²) in [6.07, 6.45) is -3.15. The standard InChI is InChI=1S/C24H21F3N2O5/c25-24(26,27)15-2-4-19-17(10-15)18(30)11-22(34-19)23(31)28-16-5-7-29(8-6-16)12-14-1-3-20-21(9-14)33-13-32-20/h1-4,9-11,16H,5-8,12-13H2,(H,28,31). The van der Waals surface area contributed by atoms with E-state index in [0.29, 0.717) is 12.8 Å². The minimum absolute atomic E-state index is 0.0656. The molecular weight excluding hydrogens is 453 g/mol. The van der Waals surface area contributed by atoms with Crippen LogP contribution in [0.15, 0.2) is 51.7 Å². The summed E-state index contributed by atoms with van der Waals surface area (Å²) >= 11 is 0. The number of rotatable bonds is 4. The number of nitrogens with zero attached hydrogens (tertiary/aromatic N) is 1. The average molecular weight is 474 g/mol. The van der Waals surface area contributed by atoms with Gasteiger partial charge < -0.3 is 19.2 Å². The molecule has 0 atom stereocenters. The second-order valence-corrected chi connectivity index (χ2v) is 8.40. The van der Waals surface area contributed by atoms with Gasteiger partial charge in [0.1, 0.15) is 5.58 Å². The van der Waals surface area contributed by atoms with Crippen LogP contribution >= 0.6 is 0 Å². The van der Waals surface area contributed by atoms with Crippen LogP contribution in [0.4, 0.5) is 13.2 Å². The molecule has 2 aliphatic heterocycles. The molecule has 0 bridgehead atoms. The zero-order valence-electron chi connectivity index (χ0n) is 18.0. The Labute approximate surface area is 192 Å². The molecule has 1 N–H and O–H groups in total. The maximum absolute atomic E-state index is 12.9. The summed E-state index contributed by atoms with van der Waals surface area (Å²) in [7, 11) is 0. The van der Waals surface area contributed by atoms with Crippen LogP contribution in [0.25, 0.3) is 11.0 Å². The highest BCUT2D eigenvalue weighted by Crippen LogP contribution is 2.33. The van der Waals surface area contributed by atoms with E-state index in [0.717, 1.165) is 61.0 Å². The molecule has 2 aromatic carbocycles. The molecule has 178 valence electrons. The normalized spacial score (nSPS) is 16.7. The van der Waals surface area contributed by atoms with E-state index in [2.05, 4.69) is 10.2 Å². The minimum Gasteiger partial charge on any atom is -0.454 e. The van der Waals surface area contributed by atoms with Crippen LogP contribution in [0.5, 0.6) is 11.5 Å². The zero-order chi connectivity index (χ0) is 23.9. The number of benzene rings is 2. The van der Waals surface area contributed by atoms with E-state index >= 15 is 0 Å². The summed E-state index contributed by atoms with van der Waals surface area (Å²) in [5.74, 6) is 0.700. The van der Waals surface area contributed by atoms with Gasteiger partial charge in [-0.05, 0) is 48.7 Å². The summed E-state index contributed by atoms with van der Waals surface area (Å²) in [4.78, 5) is 27.3. The highest BCUT2D eigenvalue weighted by atomic mass is 19.4.